The minimum atomic E-state index is -0.187. The summed E-state index contributed by atoms with van der Waals surface area (Å²) in [5.41, 5.74) is 1.13. The molecule has 1 aromatic heterocycles. The van der Waals surface area contributed by atoms with E-state index in [1.54, 1.807) is 6.33 Å². The Morgan fingerprint density at radius 1 is 1.39 bits per heavy atom. The van der Waals surface area contributed by atoms with Crippen molar-refractivity contribution >= 4 is 5.82 Å². The zero-order valence-electron chi connectivity index (χ0n) is 11.3. The lowest BCUT2D eigenvalue weighted by atomic mass is 9.92. The molecule has 0 spiro atoms. The van der Waals surface area contributed by atoms with E-state index in [1.807, 2.05) is 6.92 Å². The molecule has 0 aromatic carbocycles. The van der Waals surface area contributed by atoms with Gasteiger partial charge >= 0.3 is 0 Å². The zero-order valence-corrected chi connectivity index (χ0v) is 11.3. The van der Waals surface area contributed by atoms with Gasteiger partial charge in [-0.25, -0.2) is 9.97 Å². The van der Waals surface area contributed by atoms with Gasteiger partial charge < -0.3 is 10.0 Å². The number of aryl methyl sites for hydroxylation is 1. The Morgan fingerprint density at radius 3 is 2.72 bits per heavy atom. The van der Waals surface area contributed by atoms with Crippen molar-refractivity contribution in [3.63, 3.8) is 0 Å². The highest BCUT2D eigenvalue weighted by molar-refractivity contribution is 5.39. The minimum absolute atomic E-state index is 0.187. The Morgan fingerprint density at radius 2 is 2.11 bits per heavy atom. The van der Waals surface area contributed by atoms with E-state index in [-0.39, 0.29) is 6.10 Å². The van der Waals surface area contributed by atoms with Crippen LogP contribution >= 0.6 is 0 Å². The predicted octanol–water partition coefficient (Wildman–Crippen LogP) is 2.03. The van der Waals surface area contributed by atoms with Gasteiger partial charge in [0.25, 0.3) is 0 Å². The van der Waals surface area contributed by atoms with Gasteiger partial charge in [0.1, 0.15) is 12.1 Å². The van der Waals surface area contributed by atoms with Gasteiger partial charge in [0.05, 0.1) is 6.10 Å². The highest BCUT2D eigenvalue weighted by atomic mass is 16.3. The molecule has 0 amide bonds. The van der Waals surface area contributed by atoms with Crippen molar-refractivity contribution in [3.05, 3.63) is 18.1 Å². The quantitative estimate of drug-likeness (QED) is 0.887. The number of hydrogen-bond donors (Lipinski definition) is 1. The van der Waals surface area contributed by atoms with Crippen LogP contribution in [-0.2, 0) is 6.42 Å². The molecule has 2 heterocycles. The van der Waals surface area contributed by atoms with Crippen LogP contribution < -0.4 is 4.90 Å². The standard InChI is InChI=1S/C14H23N3O/c1-3-4-13-9-14(16-10-15-13)17-7-5-12(6-8-17)11(2)18/h9-12,18H,3-8H2,1-2H3. The predicted molar refractivity (Wildman–Crippen MR) is 72.6 cm³/mol. The first-order valence-corrected chi connectivity index (χ1v) is 6.94. The highest BCUT2D eigenvalue weighted by Crippen LogP contribution is 2.24. The number of hydrogen-bond acceptors (Lipinski definition) is 4. The topological polar surface area (TPSA) is 49.2 Å². The molecule has 1 N–H and O–H groups in total. The lowest BCUT2D eigenvalue weighted by Crippen LogP contribution is -2.37. The molecule has 2 rings (SSSR count). The molecule has 18 heavy (non-hydrogen) atoms. The Labute approximate surface area is 109 Å². The first kappa shape index (κ1) is 13.3. The molecule has 4 heteroatoms. The summed E-state index contributed by atoms with van der Waals surface area (Å²) in [5, 5.41) is 9.60. The molecule has 0 aliphatic carbocycles. The normalized spacial score (nSPS) is 18.9. The van der Waals surface area contributed by atoms with E-state index in [1.165, 1.54) is 0 Å². The van der Waals surface area contributed by atoms with Crippen molar-refractivity contribution in [2.45, 2.75) is 45.6 Å². The van der Waals surface area contributed by atoms with E-state index in [9.17, 15) is 5.11 Å². The second-order valence-electron chi connectivity index (χ2n) is 5.18. The summed E-state index contributed by atoms with van der Waals surface area (Å²) in [4.78, 5) is 11.0. The fraction of sp³-hybridized carbons (Fsp3) is 0.714. The van der Waals surface area contributed by atoms with Crippen LogP contribution in [0.2, 0.25) is 0 Å². The minimum Gasteiger partial charge on any atom is -0.393 e. The second kappa shape index (κ2) is 6.14. The molecule has 100 valence electrons. The molecule has 4 nitrogen and oxygen atoms in total. The van der Waals surface area contributed by atoms with Crippen LogP contribution in [0.1, 0.15) is 38.8 Å². The van der Waals surface area contributed by atoms with Gasteiger partial charge in [-0.1, -0.05) is 13.3 Å². The number of anilines is 1. The van der Waals surface area contributed by atoms with E-state index in [0.29, 0.717) is 5.92 Å². The summed E-state index contributed by atoms with van der Waals surface area (Å²) in [6, 6.07) is 2.10. The molecule has 1 aromatic rings. The van der Waals surface area contributed by atoms with Gasteiger partial charge in [-0.05, 0) is 32.1 Å². The Bertz CT molecular complexity index is 373. The van der Waals surface area contributed by atoms with Crippen molar-refractivity contribution in [1.29, 1.82) is 0 Å². The largest absolute Gasteiger partial charge is 0.393 e. The van der Waals surface area contributed by atoms with Crippen molar-refractivity contribution in [1.82, 2.24) is 9.97 Å². The van der Waals surface area contributed by atoms with Gasteiger partial charge in [-0.3, -0.25) is 0 Å². The van der Waals surface area contributed by atoms with Crippen LogP contribution in [0.5, 0.6) is 0 Å². The first-order chi connectivity index (χ1) is 8.70. The number of rotatable bonds is 4. The van der Waals surface area contributed by atoms with Crippen LogP contribution in [0, 0.1) is 5.92 Å². The van der Waals surface area contributed by atoms with Crippen LogP contribution in [0.15, 0.2) is 12.4 Å². The number of aromatic nitrogens is 2. The molecule has 1 unspecified atom stereocenters. The third kappa shape index (κ3) is 3.19. The van der Waals surface area contributed by atoms with Crippen molar-refractivity contribution in [3.8, 4) is 0 Å². The van der Waals surface area contributed by atoms with Gasteiger partial charge in [-0.2, -0.15) is 0 Å². The average molecular weight is 249 g/mol. The van der Waals surface area contributed by atoms with E-state index < -0.39 is 0 Å². The average Bonchev–Trinajstić information content (AvgIpc) is 2.39. The SMILES string of the molecule is CCCc1cc(N2CCC(C(C)O)CC2)ncn1. The fourth-order valence-electron chi connectivity index (χ4n) is 2.56. The number of aliphatic hydroxyl groups excluding tert-OH is 1. The summed E-state index contributed by atoms with van der Waals surface area (Å²) in [6.45, 7) is 6.02. The van der Waals surface area contributed by atoms with Gasteiger partial charge in [0, 0.05) is 24.8 Å². The molecule has 1 fully saturated rings. The molecule has 0 bridgehead atoms. The van der Waals surface area contributed by atoms with E-state index in [0.717, 1.165) is 50.3 Å². The third-order valence-corrected chi connectivity index (χ3v) is 3.76. The highest BCUT2D eigenvalue weighted by Gasteiger charge is 2.23. The summed E-state index contributed by atoms with van der Waals surface area (Å²) in [6.07, 6.45) is 5.70. The lowest BCUT2D eigenvalue weighted by Gasteiger charge is -2.34. The molecule has 0 radical (unpaired) electrons. The fourth-order valence-corrected chi connectivity index (χ4v) is 2.56. The number of aliphatic hydroxyl groups is 1. The van der Waals surface area contributed by atoms with E-state index in [4.69, 9.17) is 0 Å². The lowest BCUT2D eigenvalue weighted by molar-refractivity contribution is 0.110. The van der Waals surface area contributed by atoms with Crippen molar-refractivity contribution in [2.24, 2.45) is 5.92 Å². The molecule has 1 atom stereocenters. The zero-order chi connectivity index (χ0) is 13.0. The maximum absolute atomic E-state index is 9.60. The van der Waals surface area contributed by atoms with Crippen molar-refractivity contribution < 1.29 is 5.11 Å². The van der Waals surface area contributed by atoms with Crippen LogP contribution in [0.3, 0.4) is 0 Å². The molecular weight excluding hydrogens is 226 g/mol. The molecule has 1 aliphatic rings. The summed E-state index contributed by atoms with van der Waals surface area (Å²) in [7, 11) is 0. The smallest absolute Gasteiger partial charge is 0.132 e. The Balaban J connectivity index is 1.98. The molecule has 0 saturated carbocycles. The second-order valence-corrected chi connectivity index (χ2v) is 5.18. The van der Waals surface area contributed by atoms with Gasteiger partial charge in [0.2, 0.25) is 0 Å². The summed E-state index contributed by atoms with van der Waals surface area (Å²) in [5.74, 6) is 1.48. The van der Waals surface area contributed by atoms with Crippen LogP contribution in [0.4, 0.5) is 5.82 Å². The van der Waals surface area contributed by atoms with E-state index >= 15 is 0 Å². The van der Waals surface area contributed by atoms with E-state index in [2.05, 4.69) is 27.9 Å². The molecule has 1 aliphatic heterocycles. The van der Waals surface area contributed by atoms with Crippen LogP contribution in [-0.4, -0.2) is 34.3 Å². The number of piperidine rings is 1. The van der Waals surface area contributed by atoms with Gasteiger partial charge in [0.15, 0.2) is 0 Å². The Kier molecular flexibility index (Phi) is 4.53. The molecular formula is C14H23N3O. The maximum atomic E-state index is 9.60. The molecule has 1 saturated heterocycles. The summed E-state index contributed by atoms with van der Waals surface area (Å²) >= 11 is 0. The van der Waals surface area contributed by atoms with Gasteiger partial charge in [-0.15, -0.1) is 0 Å². The summed E-state index contributed by atoms with van der Waals surface area (Å²) < 4.78 is 0. The first-order valence-electron chi connectivity index (χ1n) is 6.94. The Hall–Kier alpha value is -1.16. The van der Waals surface area contributed by atoms with Crippen molar-refractivity contribution in [2.75, 3.05) is 18.0 Å². The van der Waals surface area contributed by atoms with Crippen LogP contribution in [0.25, 0.3) is 0 Å². The number of nitrogens with zero attached hydrogens (tertiary/aromatic N) is 3. The maximum Gasteiger partial charge on any atom is 0.132 e. The third-order valence-electron chi connectivity index (χ3n) is 3.76. The monoisotopic (exact) mass is 249 g/mol.